The Morgan fingerprint density at radius 1 is 1.03 bits per heavy atom. The van der Waals surface area contributed by atoms with Crippen molar-refractivity contribution in [1.82, 2.24) is 4.90 Å². The van der Waals surface area contributed by atoms with E-state index >= 15 is 0 Å². The number of methoxy groups -OCH3 is 1. The molecule has 33 heavy (non-hydrogen) atoms. The molecule has 0 saturated carbocycles. The van der Waals surface area contributed by atoms with Crippen LogP contribution in [0.1, 0.15) is 12.5 Å². The van der Waals surface area contributed by atoms with Gasteiger partial charge in [-0.3, -0.25) is 19.3 Å². The smallest absolute Gasteiger partial charge is 0.344 e. The molecule has 3 amide bonds. The van der Waals surface area contributed by atoms with Crippen LogP contribution in [-0.4, -0.2) is 54.8 Å². The van der Waals surface area contributed by atoms with Crippen molar-refractivity contribution in [3.05, 3.63) is 59.0 Å². The fraction of sp³-hybridized carbons (Fsp3) is 0.217. The molecule has 0 radical (unpaired) electrons. The fourth-order valence-electron chi connectivity index (χ4n) is 2.81. The summed E-state index contributed by atoms with van der Waals surface area (Å²) in [7, 11) is 1.54. The van der Waals surface area contributed by atoms with Crippen LogP contribution in [-0.2, 0) is 19.1 Å². The maximum atomic E-state index is 12.6. The molecular formula is C23H22N2O7S. The van der Waals surface area contributed by atoms with Crippen molar-refractivity contribution in [3.8, 4) is 11.5 Å². The van der Waals surface area contributed by atoms with Crippen molar-refractivity contribution in [3.63, 3.8) is 0 Å². The van der Waals surface area contributed by atoms with Gasteiger partial charge in [0.25, 0.3) is 11.1 Å². The van der Waals surface area contributed by atoms with Crippen molar-refractivity contribution in [1.29, 1.82) is 0 Å². The molecule has 1 fully saturated rings. The molecule has 2 aromatic rings. The van der Waals surface area contributed by atoms with Gasteiger partial charge < -0.3 is 19.5 Å². The Morgan fingerprint density at radius 3 is 2.33 bits per heavy atom. The van der Waals surface area contributed by atoms with Crippen LogP contribution < -0.4 is 14.8 Å². The molecule has 0 bridgehead atoms. The molecule has 1 aliphatic heterocycles. The highest BCUT2D eigenvalue weighted by molar-refractivity contribution is 8.18. The van der Waals surface area contributed by atoms with E-state index in [4.69, 9.17) is 14.2 Å². The molecular weight excluding hydrogens is 448 g/mol. The number of imide groups is 1. The highest BCUT2D eigenvalue weighted by atomic mass is 32.2. The van der Waals surface area contributed by atoms with E-state index in [1.54, 1.807) is 61.5 Å². The van der Waals surface area contributed by atoms with E-state index in [2.05, 4.69) is 5.32 Å². The summed E-state index contributed by atoms with van der Waals surface area (Å²) in [6, 6.07) is 13.3. The van der Waals surface area contributed by atoms with Gasteiger partial charge in [0, 0.05) is 5.69 Å². The molecule has 0 unspecified atom stereocenters. The Kier molecular flexibility index (Phi) is 8.09. The topological polar surface area (TPSA) is 111 Å². The average Bonchev–Trinajstić information content (AvgIpc) is 3.06. The van der Waals surface area contributed by atoms with Gasteiger partial charge in [0.05, 0.1) is 18.6 Å². The first-order valence-corrected chi connectivity index (χ1v) is 10.8. The normalized spacial score (nSPS) is 14.4. The summed E-state index contributed by atoms with van der Waals surface area (Å²) in [5, 5.41) is 2.12. The van der Waals surface area contributed by atoms with Crippen LogP contribution in [0.2, 0.25) is 0 Å². The first-order valence-electron chi connectivity index (χ1n) is 9.97. The number of amides is 3. The third kappa shape index (κ3) is 6.59. The number of esters is 1. The number of nitrogens with zero attached hydrogens (tertiary/aromatic N) is 1. The highest BCUT2D eigenvalue weighted by Gasteiger charge is 2.36. The number of carbonyl (C=O) groups is 4. The van der Waals surface area contributed by atoms with E-state index in [1.807, 2.05) is 0 Å². The molecule has 9 nitrogen and oxygen atoms in total. The predicted molar refractivity (Wildman–Crippen MR) is 123 cm³/mol. The fourth-order valence-corrected chi connectivity index (χ4v) is 3.65. The van der Waals surface area contributed by atoms with Gasteiger partial charge in [-0.15, -0.1) is 0 Å². The number of benzene rings is 2. The maximum Gasteiger partial charge on any atom is 0.344 e. The van der Waals surface area contributed by atoms with E-state index in [0.29, 0.717) is 22.7 Å². The Balaban J connectivity index is 1.58. The second-order valence-electron chi connectivity index (χ2n) is 6.71. The predicted octanol–water partition coefficient (Wildman–Crippen LogP) is 3.31. The van der Waals surface area contributed by atoms with Crippen molar-refractivity contribution in [2.24, 2.45) is 0 Å². The first kappa shape index (κ1) is 23.9. The van der Waals surface area contributed by atoms with Crippen molar-refractivity contribution in [2.45, 2.75) is 6.92 Å². The lowest BCUT2D eigenvalue weighted by molar-refractivity contribution is -0.145. The third-order valence-corrected chi connectivity index (χ3v) is 5.30. The Hall–Kier alpha value is -3.79. The van der Waals surface area contributed by atoms with Crippen LogP contribution >= 0.6 is 11.8 Å². The largest absolute Gasteiger partial charge is 0.497 e. The molecule has 10 heteroatoms. The van der Waals surface area contributed by atoms with E-state index in [-0.39, 0.29) is 18.1 Å². The molecule has 2 aromatic carbocycles. The van der Waals surface area contributed by atoms with E-state index in [0.717, 1.165) is 16.7 Å². The van der Waals surface area contributed by atoms with Crippen molar-refractivity contribution in [2.75, 3.05) is 32.2 Å². The van der Waals surface area contributed by atoms with E-state index in [9.17, 15) is 19.2 Å². The van der Waals surface area contributed by atoms with Gasteiger partial charge in [0.15, 0.2) is 6.61 Å². The summed E-state index contributed by atoms with van der Waals surface area (Å²) in [5.41, 5.74) is 1.18. The number of carbonyl (C=O) groups excluding carboxylic acids is 4. The Bertz CT molecular complexity index is 1070. The zero-order valence-corrected chi connectivity index (χ0v) is 18.8. The van der Waals surface area contributed by atoms with Crippen LogP contribution in [0.3, 0.4) is 0 Å². The minimum Gasteiger partial charge on any atom is -0.497 e. The number of rotatable bonds is 9. The molecule has 0 aromatic heterocycles. The zero-order chi connectivity index (χ0) is 23.8. The number of thioether (sulfide) groups is 1. The lowest BCUT2D eigenvalue weighted by Crippen LogP contribution is -2.36. The van der Waals surface area contributed by atoms with Gasteiger partial charge in [-0.1, -0.05) is 12.1 Å². The van der Waals surface area contributed by atoms with Crippen LogP contribution in [0.15, 0.2) is 53.4 Å². The zero-order valence-electron chi connectivity index (χ0n) is 18.0. The van der Waals surface area contributed by atoms with Crippen molar-refractivity contribution >= 4 is 46.5 Å². The van der Waals surface area contributed by atoms with Gasteiger partial charge in [-0.05, 0) is 66.7 Å². The maximum absolute atomic E-state index is 12.6. The standard InChI is InChI=1S/C23H22N2O7S/c1-3-31-21(27)14-32-18-8-4-15(5-9-18)12-19-22(28)25(23(29)33-19)13-20(26)24-16-6-10-17(30-2)11-7-16/h4-12H,3,13-14H2,1-2H3,(H,24,26)/b19-12-. The molecule has 1 N–H and O–H groups in total. The highest BCUT2D eigenvalue weighted by Crippen LogP contribution is 2.32. The number of nitrogens with one attached hydrogen (secondary N) is 1. The molecule has 1 heterocycles. The van der Waals surface area contributed by atoms with Crippen LogP contribution in [0.4, 0.5) is 10.5 Å². The number of anilines is 1. The SMILES string of the molecule is CCOC(=O)COc1ccc(/C=C2\SC(=O)N(CC(=O)Nc3ccc(OC)cc3)C2=O)cc1. The van der Waals surface area contributed by atoms with Crippen LogP contribution in [0.25, 0.3) is 6.08 Å². The molecule has 0 spiro atoms. The average molecular weight is 471 g/mol. The minimum absolute atomic E-state index is 0.204. The molecule has 1 saturated heterocycles. The monoisotopic (exact) mass is 470 g/mol. The summed E-state index contributed by atoms with van der Waals surface area (Å²) >= 11 is 0.763. The minimum atomic E-state index is -0.544. The Labute approximate surface area is 194 Å². The van der Waals surface area contributed by atoms with Gasteiger partial charge in [-0.25, -0.2) is 4.79 Å². The molecule has 172 valence electrons. The lowest BCUT2D eigenvalue weighted by atomic mass is 10.2. The molecule has 1 aliphatic rings. The number of hydrogen-bond acceptors (Lipinski definition) is 8. The van der Waals surface area contributed by atoms with Crippen LogP contribution in [0.5, 0.6) is 11.5 Å². The third-order valence-electron chi connectivity index (χ3n) is 4.39. The van der Waals surface area contributed by atoms with Gasteiger partial charge in [-0.2, -0.15) is 0 Å². The van der Waals surface area contributed by atoms with E-state index < -0.39 is 29.6 Å². The van der Waals surface area contributed by atoms with Crippen LogP contribution in [0, 0.1) is 0 Å². The number of ether oxygens (including phenoxy) is 3. The summed E-state index contributed by atoms with van der Waals surface area (Å²) in [6.07, 6.45) is 1.56. The van der Waals surface area contributed by atoms with Gasteiger partial charge in [0.1, 0.15) is 18.0 Å². The summed E-state index contributed by atoms with van der Waals surface area (Å²) < 4.78 is 15.2. The van der Waals surface area contributed by atoms with E-state index in [1.165, 1.54) is 7.11 Å². The molecule has 3 rings (SSSR count). The quantitative estimate of drug-likeness (QED) is 0.439. The summed E-state index contributed by atoms with van der Waals surface area (Å²) in [5.74, 6) is -0.401. The molecule has 0 aliphatic carbocycles. The number of hydrogen-bond donors (Lipinski definition) is 1. The Morgan fingerprint density at radius 2 is 1.70 bits per heavy atom. The second kappa shape index (κ2) is 11.2. The summed E-state index contributed by atoms with van der Waals surface area (Å²) in [6.45, 7) is 1.39. The first-order chi connectivity index (χ1) is 15.9. The summed E-state index contributed by atoms with van der Waals surface area (Å²) in [4.78, 5) is 49.7. The van der Waals surface area contributed by atoms with Gasteiger partial charge in [0.2, 0.25) is 5.91 Å². The lowest BCUT2D eigenvalue weighted by Gasteiger charge is -2.12. The molecule has 0 atom stereocenters. The van der Waals surface area contributed by atoms with Gasteiger partial charge >= 0.3 is 5.97 Å². The second-order valence-corrected chi connectivity index (χ2v) is 7.70. The van der Waals surface area contributed by atoms with Crippen molar-refractivity contribution < 1.29 is 33.4 Å².